The minimum absolute atomic E-state index is 0.0440. The van der Waals surface area contributed by atoms with Gasteiger partial charge in [0.15, 0.2) is 0 Å². The first kappa shape index (κ1) is 15.0. The standard InChI is InChI=1S/C14H9BrFNO4/c15-8-4-7(14(20)21)5-9(6-8)17-13(19)12-10(16)2-1-3-11(12)18/h1-6,18H,(H,17,19)(H,20,21). The molecule has 0 saturated heterocycles. The number of halogens is 2. The number of nitrogens with one attached hydrogen (secondary N) is 1. The van der Waals surface area contributed by atoms with Crippen LogP contribution in [0, 0.1) is 5.82 Å². The van der Waals surface area contributed by atoms with Crippen LogP contribution in [-0.2, 0) is 0 Å². The second-order valence-electron chi connectivity index (χ2n) is 4.12. The molecule has 2 rings (SSSR count). The molecule has 0 atom stereocenters. The Kier molecular flexibility index (Phi) is 4.23. The molecule has 3 N–H and O–H groups in total. The first-order valence-corrected chi connectivity index (χ1v) is 6.50. The fraction of sp³-hybridized carbons (Fsp3) is 0. The van der Waals surface area contributed by atoms with E-state index in [4.69, 9.17) is 5.11 Å². The number of aromatic hydroxyl groups is 1. The zero-order valence-corrected chi connectivity index (χ0v) is 12.0. The molecule has 0 aliphatic carbocycles. The normalized spacial score (nSPS) is 10.2. The third-order valence-electron chi connectivity index (χ3n) is 2.62. The van der Waals surface area contributed by atoms with Gasteiger partial charge in [0.2, 0.25) is 0 Å². The molecule has 0 aromatic heterocycles. The second-order valence-corrected chi connectivity index (χ2v) is 5.04. The number of carboxylic acids is 1. The van der Waals surface area contributed by atoms with Crippen LogP contribution < -0.4 is 5.32 Å². The predicted octanol–water partition coefficient (Wildman–Crippen LogP) is 3.24. The molecular formula is C14H9BrFNO4. The SMILES string of the molecule is O=C(O)c1cc(Br)cc(NC(=O)c2c(O)cccc2F)c1. The van der Waals surface area contributed by atoms with Crippen molar-refractivity contribution < 1.29 is 24.2 Å². The van der Waals surface area contributed by atoms with Crippen molar-refractivity contribution in [3.8, 4) is 5.75 Å². The third-order valence-corrected chi connectivity index (χ3v) is 3.08. The van der Waals surface area contributed by atoms with Crippen LogP contribution in [0.15, 0.2) is 40.9 Å². The molecule has 2 aromatic rings. The summed E-state index contributed by atoms with van der Waals surface area (Å²) in [6.07, 6.45) is 0. The summed E-state index contributed by atoms with van der Waals surface area (Å²) in [5.74, 6) is -3.41. The molecule has 0 radical (unpaired) electrons. The molecule has 0 bridgehead atoms. The minimum atomic E-state index is -1.17. The number of hydrogen-bond donors (Lipinski definition) is 3. The second kappa shape index (κ2) is 5.92. The lowest BCUT2D eigenvalue weighted by Crippen LogP contribution is -2.14. The predicted molar refractivity (Wildman–Crippen MR) is 77.1 cm³/mol. The summed E-state index contributed by atoms with van der Waals surface area (Å²) in [6.45, 7) is 0. The zero-order valence-electron chi connectivity index (χ0n) is 10.4. The van der Waals surface area contributed by atoms with Gasteiger partial charge in [0.05, 0.1) is 5.56 Å². The highest BCUT2D eigenvalue weighted by Crippen LogP contribution is 2.24. The van der Waals surface area contributed by atoms with Crippen molar-refractivity contribution in [3.05, 3.63) is 57.8 Å². The summed E-state index contributed by atoms with van der Waals surface area (Å²) in [7, 11) is 0. The Bertz CT molecular complexity index is 713. The number of benzene rings is 2. The number of carbonyl (C=O) groups is 2. The summed E-state index contributed by atoms with van der Waals surface area (Å²) >= 11 is 3.12. The van der Waals surface area contributed by atoms with Crippen molar-refractivity contribution in [2.45, 2.75) is 0 Å². The number of aromatic carboxylic acids is 1. The number of carbonyl (C=O) groups excluding carboxylic acids is 1. The first-order chi connectivity index (χ1) is 9.88. The molecule has 5 nitrogen and oxygen atoms in total. The van der Waals surface area contributed by atoms with E-state index in [-0.39, 0.29) is 11.3 Å². The Morgan fingerprint density at radius 1 is 1.19 bits per heavy atom. The van der Waals surface area contributed by atoms with Crippen LogP contribution in [-0.4, -0.2) is 22.1 Å². The van der Waals surface area contributed by atoms with Gasteiger partial charge < -0.3 is 15.5 Å². The maximum Gasteiger partial charge on any atom is 0.335 e. The molecule has 1 amide bonds. The summed E-state index contributed by atoms with van der Waals surface area (Å²) in [5, 5.41) is 20.8. The van der Waals surface area contributed by atoms with Crippen molar-refractivity contribution in [3.63, 3.8) is 0 Å². The van der Waals surface area contributed by atoms with E-state index in [0.29, 0.717) is 4.47 Å². The Labute approximate surface area is 127 Å². The van der Waals surface area contributed by atoms with E-state index >= 15 is 0 Å². The third kappa shape index (κ3) is 3.38. The number of phenolic OH excluding ortho intramolecular Hbond substituents is 1. The van der Waals surface area contributed by atoms with Gasteiger partial charge in [0, 0.05) is 10.2 Å². The fourth-order valence-corrected chi connectivity index (χ4v) is 2.21. The topological polar surface area (TPSA) is 86.6 Å². The molecule has 0 heterocycles. The van der Waals surface area contributed by atoms with E-state index in [1.807, 2.05) is 0 Å². The number of phenols is 1. The maximum absolute atomic E-state index is 13.6. The van der Waals surface area contributed by atoms with Gasteiger partial charge in [0.1, 0.15) is 17.1 Å². The molecule has 0 fully saturated rings. The summed E-state index contributed by atoms with van der Waals surface area (Å²) < 4.78 is 14.0. The molecular weight excluding hydrogens is 345 g/mol. The summed E-state index contributed by atoms with van der Waals surface area (Å²) in [4.78, 5) is 22.9. The van der Waals surface area contributed by atoms with Crippen LogP contribution >= 0.6 is 15.9 Å². The van der Waals surface area contributed by atoms with E-state index in [9.17, 15) is 19.1 Å². The van der Waals surface area contributed by atoms with Crippen molar-refractivity contribution in [1.82, 2.24) is 0 Å². The van der Waals surface area contributed by atoms with E-state index in [2.05, 4.69) is 21.2 Å². The van der Waals surface area contributed by atoms with Gasteiger partial charge in [-0.25, -0.2) is 9.18 Å². The first-order valence-electron chi connectivity index (χ1n) is 5.71. The van der Waals surface area contributed by atoms with Crippen LogP contribution in [0.4, 0.5) is 10.1 Å². The quantitative estimate of drug-likeness (QED) is 0.790. The number of hydrogen-bond acceptors (Lipinski definition) is 3. The van der Waals surface area contributed by atoms with Crippen molar-refractivity contribution in [2.24, 2.45) is 0 Å². The summed E-state index contributed by atoms with van der Waals surface area (Å²) in [5.41, 5.74) is -0.388. The Morgan fingerprint density at radius 2 is 1.90 bits per heavy atom. The Morgan fingerprint density at radius 3 is 2.52 bits per heavy atom. The largest absolute Gasteiger partial charge is 0.507 e. The lowest BCUT2D eigenvalue weighted by molar-refractivity contribution is 0.0696. The van der Waals surface area contributed by atoms with Gasteiger partial charge in [-0.3, -0.25) is 4.79 Å². The van der Waals surface area contributed by atoms with Crippen molar-refractivity contribution in [1.29, 1.82) is 0 Å². The van der Waals surface area contributed by atoms with Gasteiger partial charge in [-0.05, 0) is 30.3 Å². The molecule has 0 spiro atoms. The van der Waals surface area contributed by atoms with Crippen molar-refractivity contribution in [2.75, 3.05) is 5.32 Å². The molecule has 7 heteroatoms. The van der Waals surface area contributed by atoms with E-state index in [0.717, 1.165) is 6.07 Å². The van der Waals surface area contributed by atoms with E-state index < -0.39 is 29.0 Å². The molecule has 0 aliphatic rings. The van der Waals surface area contributed by atoms with Gasteiger partial charge in [-0.2, -0.15) is 0 Å². The highest BCUT2D eigenvalue weighted by molar-refractivity contribution is 9.10. The molecule has 0 saturated carbocycles. The average molecular weight is 354 g/mol. The monoisotopic (exact) mass is 353 g/mol. The molecule has 21 heavy (non-hydrogen) atoms. The van der Waals surface area contributed by atoms with E-state index in [1.54, 1.807) is 0 Å². The molecule has 2 aromatic carbocycles. The van der Waals surface area contributed by atoms with E-state index in [1.165, 1.54) is 30.3 Å². The maximum atomic E-state index is 13.6. The number of carboxylic acid groups (broad SMARTS) is 1. The lowest BCUT2D eigenvalue weighted by Gasteiger charge is -2.09. The van der Waals surface area contributed by atoms with Crippen LogP contribution in [0.25, 0.3) is 0 Å². The highest BCUT2D eigenvalue weighted by atomic mass is 79.9. The summed E-state index contributed by atoms with van der Waals surface area (Å²) in [6, 6.07) is 7.53. The van der Waals surface area contributed by atoms with Gasteiger partial charge in [0.25, 0.3) is 5.91 Å². The van der Waals surface area contributed by atoms with Crippen LogP contribution in [0.1, 0.15) is 20.7 Å². The highest BCUT2D eigenvalue weighted by Gasteiger charge is 2.17. The smallest absolute Gasteiger partial charge is 0.335 e. The fourth-order valence-electron chi connectivity index (χ4n) is 1.72. The Hall–Kier alpha value is -2.41. The molecule has 0 unspecified atom stereocenters. The lowest BCUT2D eigenvalue weighted by atomic mass is 10.1. The van der Waals surface area contributed by atoms with Gasteiger partial charge in [-0.1, -0.05) is 22.0 Å². The minimum Gasteiger partial charge on any atom is -0.507 e. The molecule has 108 valence electrons. The van der Waals surface area contributed by atoms with Crippen LogP contribution in [0.3, 0.4) is 0 Å². The van der Waals surface area contributed by atoms with Gasteiger partial charge >= 0.3 is 5.97 Å². The molecule has 0 aliphatic heterocycles. The Balaban J connectivity index is 2.34. The number of amides is 1. The van der Waals surface area contributed by atoms with Crippen LogP contribution in [0.2, 0.25) is 0 Å². The van der Waals surface area contributed by atoms with Gasteiger partial charge in [-0.15, -0.1) is 0 Å². The van der Waals surface area contributed by atoms with Crippen molar-refractivity contribution >= 4 is 33.5 Å². The van der Waals surface area contributed by atoms with Crippen LogP contribution in [0.5, 0.6) is 5.75 Å². The number of rotatable bonds is 3. The zero-order chi connectivity index (χ0) is 15.6. The average Bonchev–Trinajstić information content (AvgIpc) is 2.37. The number of anilines is 1.